The maximum absolute atomic E-state index is 11.5. The van der Waals surface area contributed by atoms with Crippen molar-refractivity contribution in [3.8, 4) is 12.3 Å². The second-order valence-corrected chi connectivity index (χ2v) is 5.32. The molecule has 0 aliphatic carbocycles. The Labute approximate surface area is 110 Å². The molecular weight excluding hydrogens is 282 g/mol. The number of hydrogen-bond donors (Lipinski definition) is 1. The van der Waals surface area contributed by atoms with Gasteiger partial charge in [-0.1, -0.05) is 5.92 Å². The lowest BCUT2D eigenvalue weighted by molar-refractivity contribution is 0.0636. The molecule has 0 atom stereocenters. The SMILES string of the molecule is C#Cc1ccc(NC(=O)OC(C)(C)C)cc1Br. The molecule has 0 aliphatic rings. The molecule has 0 radical (unpaired) electrons. The summed E-state index contributed by atoms with van der Waals surface area (Å²) in [4.78, 5) is 11.5. The zero-order valence-electron chi connectivity index (χ0n) is 10.0. The van der Waals surface area contributed by atoms with Crippen molar-refractivity contribution in [3.05, 3.63) is 28.2 Å². The van der Waals surface area contributed by atoms with E-state index in [2.05, 4.69) is 27.2 Å². The van der Waals surface area contributed by atoms with Gasteiger partial charge in [-0.15, -0.1) is 6.42 Å². The van der Waals surface area contributed by atoms with Crippen LogP contribution in [-0.2, 0) is 4.74 Å². The van der Waals surface area contributed by atoms with E-state index in [1.54, 1.807) is 18.2 Å². The summed E-state index contributed by atoms with van der Waals surface area (Å²) >= 11 is 3.32. The maximum Gasteiger partial charge on any atom is 0.412 e. The van der Waals surface area contributed by atoms with Gasteiger partial charge >= 0.3 is 6.09 Å². The number of carbonyl (C=O) groups excluding carboxylic acids is 1. The van der Waals surface area contributed by atoms with E-state index >= 15 is 0 Å². The summed E-state index contributed by atoms with van der Waals surface area (Å²) in [5.74, 6) is 2.52. The number of ether oxygens (including phenoxy) is 1. The zero-order valence-corrected chi connectivity index (χ0v) is 11.6. The van der Waals surface area contributed by atoms with Crippen molar-refractivity contribution in [1.82, 2.24) is 0 Å². The summed E-state index contributed by atoms with van der Waals surface area (Å²) in [5, 5.41) is 2.63. The van der Waals surface area contributed by atoms with E-state index in [4.69, 9.17) is 11.2 Å². The number of nitrogens with one attached hydrogen (secondary N) is 1. The number of hydrogen-bond acceptors (Lipinski definition) is 2. The summed E-state index contributed by atoms with van der Waals surface area (Å²) in [6.07, 6.45) is 4.81. The Morgan fingerprint density at radius 3 is 2.59 bits per heavy atom. The van der Waals surface area contributed by atoms with Gasteiger partial charge in [0.15, 0.2) is 0 Å². The fraction of sp³-hybridized carbons (Fsp3) is 0.308. The Hall–Kier alpha value is -1.47. The summed E-state index contributed by atoms with van der Waals surface area (Å²) in [6.45, 7) is 5.43. The van der Waals surface area contributed by atoms with Crippen LogP contribution in [0.1, 0.15) is 26.3 Å². The van der Waals surface area contributed by atoms with Crippen LogP contribution in [0.5, 0.6) is 0 Å². The van der Waals surface area contributed by atoms with Gasteiger partial charge in [-0.3, -0.25) is 5.32 Å². The van der Waals surface area contributed by atoms with E-state index in [0.29, 0.717) is 5.69 Å². The first-order valence-electron chi connectivity index (χ1n) is 5.08. The van der Waals surface area contributed by atoms with E-state index < -0.39 is 11.7 Å². The molecule has 0 saturated heterocycles. The minimum Gasteiger partial charge on any atom is -0.444 e. The first-order chi connectivity index (χ1) is 7.81. The molecule has 90 valence electrons. The maximum atomic E-state index is 11.5. The topological polar surface area (TPSA) is 38.3 Å². The highest BCUT2D eigenvalue weighted by Crippen LogP contribution is 2.21. The van der Waals surface area contributed by atoms with E-state index in [0.717, 1.165) is 10.0 Å². The molecule has 1 amide bonds. The molecule has 0 bridgehead atoms. The largest absolute Gasteiger partial charge is 0.444 e. The van der Waals surface area contributed by atoms with Gasteiger partial charge in [0.25, 0.3) is 0 Å². The van der Waals surface area contributed by atoms with E-state index in [1.807, 2.05) is 20.8 Å². The van der Waals surface area contributed by atoms with Crippen molar-refractivity contribution in [3.63, 3.8) is 0 Å². The first kappa shape index (κ1) is 13.6. The predicted octanol–water partition coefficient (Wildman–Crippen LogP) is 3.78. The van der Waals surface area contributed by atoms with Crippen LogP contribution >= 0.6 is 15.9 Å². The quantitative estimate of drug-likeness (QED) is 0.801. The molecule has 0 unspecified atom stereocenters. The van der Waals surface area contributed by atoms with Crippen LogP contribution in [0.25, 0.3) is 0 Å². The molecule has 0 fully saturated rings. The second kappa shape index (κ2) is 5.24. The highest BCUT2D eigenvalue weighted by molar-refractivity contribution is 9.10. The Bertz CT molecular complexity index is 469. The third-order valence-corrected chi connectivity index (χ3v) is 2.43. The Kier molecular flexibility index (Phi) is 4.19. The van der Waals surface area contributed by atoms with Crippen molar-refractivity contribution in [2.75, 3.05) is 5.32 Å². The lowest BCUT2D eigenvalue weighted by Crippen LogP contribution is -2.27. The monoisotopic (exact) mass is 295 g/mol. The lowest BCUT2D eigenvalue weighted by Gasteiger charge is -2.19. The molecule has 3 nitrogen and oxygen atoms in total. The second-order valence-electron chi connectivity index (χ2n) is 4.47. The summed E-state index contributed by atoms with van der Waals surface area (Å²) < 4.78 is 5.89. The average Bonchev–Trinajstić information content (AvgIpc) is 2.14. The molecule has 0 heterocycles. The van der Waals surface area contributed by atoms with Crippen LogP contribution in [-0.4, -0.2) is 11.7 Å². The normalized spacial score (nSPS) is 10.5. The van der Waals surface area contributed by atoms with Crippen molar-refractivity contribution in [1.29, 1.82) is 0 Å². The predicted molar refractivity (Wildman–Crippen MR) is 71.9 cm³/mol. The van der Waals surface area contributed by atoms with Gasteiger partial charge < -0.3 is 4.74 Å². The van der Waals surface area contributed by atoms with Crippen LogP contribution < -0.4 is 5.32 Å². The van der Waals surface area contributed by atoms with Gasteiger partial charge in [0.1, 0.15) is 5.60 Å². The van der Waals surface area contributed by atoms with Gasteiger partial charge in [-0.05, 0) is 54.9 Å². The number of benzene rings is 1. The minimum atomic E-state index is -0.514. The Morgan fingerprint density at radius 1 is 1.47 bits per heavy atom. The van der Waals surface area contributed by atoms with Crippen LogP contribution in [0.15, 0.2) is 22.7 Å². The van der Waals surface area contributed by atoms with Gasteiger partial charge in [0.2, 0.25) is 0 Å². The highest BCUT2D eigenvalue weighted by atomic mass is 79.9. The molecule has 0 saturated carbocycles. The van der Waals surface area contributed by atoms with Crippen LogP contribution in [0.4, 0.5) is 10.5 Å². The van der Waals surface area contributed by atoms with E-state index in [1.165, 1.54) is 0 Å². The lowest BCUT2D eigenvalue weighted by atomic mass is 10.2. The molecule has 0 aliphatic heterocycles. The number of anilines is 1. The van der Waals surface area contributed by atoms with E-state index in [-0.39, 0.29) is 0 Å². The molecule has 1 aromatic rings. The van der Waals surface area contributed by atoms with Gasteiger partial charge in [-0.25, -0.2) is 4.79 Å². The molecule has 1 N–H and O–H groups in total. The molecule has 1 rings (SSSR count). The Balaban J connectivity index is 2.74. The van der Waals surface area contributed by atoms with Gasteiger partial charge in [-0.2, -0.15) is 0 Å². The molecule has 0 spiro atoms. The number of halogens is 1. The number of amides is 1. The van der Waals surface area contributed by atoms with Crippen LogP contribution in [0.2, 0.25) is 0 Å². The summed E-state index contributed by atoms with van der Waals surface area (Å²) in [5.41, 5.74) is 0.852. The van der Waals surface area contributed by atoms with Crippen molar-refractivity contribution < 1.29 is 9.53 Å². The van der Waals surface area contributed by atoms with Crippen LogP contribution in [0.3, 0.4) is 0 Å². The summed E-state index contributed by atoms with van der Waals surface area (Å²) in [6, 6.07) is 5.21. The number of terminal acetylenes is 1. The standard InChI is InChI=1S/C13H14BrNO2/c1-5-9-6-7-10(8-11(9)14)15-12(16)17-13(2,3)4/h1,6-8H,2-4H3,(H,15,16). The smallest absolute Gasteiger partial charge is 0.412 e. The highest BCUT2D eigenvalue weighted by Gasteiger charge is 2.16. The fourth-order valence-electron chi connectivity index (χ4n) is 1.13. The van der Waals surface area contributed by atoms with Gasteiger partial charge in [0.05, 0.1) is 0 Å². The third kappa shape index (κ3) is 4.49. The zero-order chi connectivity index (χ0) is 13.1. The van der Waals surface area contributed by atoms with Crippen molar-refractivity contribution in [2.45, 2.75) is 26.4 Å². The molecule has 4 heteroatoms. The molecule has 17 heavy (non-hydrogen) atoms. The van der Waals surface area contributed by atoms with Crippen LogP contribution in [0, 0.1) is 12.3 Å². The average molecular weight is 296 g/mol. The number of rotatable bonds is 1. The van der Waals surface area contributed by atoms with Crippen molar-refractivity contribution >= 4 is 27.7 Å². The summed E-state index contributed by atoms with van der Waals surface area (Å²) in [7, 11) is 0. The third-order valence-electron chi connectivity index (χ3n) is 1.77. The minimum absolute atomic E-state index is 0.488. The Morgan fingerprint density at radius 2 is 2.12 bits per heavy atom. The fourth-order valence-corrected chi connectivity index (χ4v) is 1.62. The molecule has 1 aromatic carbocycles. The number of carbonyl (C=O) groups is 1. The molecular formula is C13H14BrNO2. The van der Waals surface area contributed by atoms with Gasteiger partial charge in [0, 0.05) is 15.7 Å². The first-order valence-corrected chi connectivity index (χ1v) is 5.87. The van der Waals surface area contributed by atoms with Crippen molar-refractivity contribution in [2.24, 2.45) is 0 Å². The molecule has 0 aromatic heterocycles. The van der Waals surface area contributed by atoms with E-state index in [9.17, 15) is 4.79 Å².